The highest BCUT2D eigenvalue weighted by Crippen LogP contribution is 2.21. The summed E-state index contributed by atoms with van der Waals surface area (Å²) in [4.78, 5) is 0. The van der Waals surface area contributed by atoms with Crippen LogP contribution in [0.3, 0.4) is 0 Å². The van der Waals surface area contributed by atoms with Crippen molar-refractivity contribution in [2.75, 3.05) is 10.6 Å². The van der Waals surface area contributed by atoms with Gasteiger partial charge in [-0.1, -0.05) is 61.0 Å². The van der Waals surface area contributed by atoms with E-state index in [2.05, 4.69) is 122 Å². The number of hydrogen-bond donors (Lipinski definition) is 2. The predicted octanol–water partition coefficient (Wildman–Crippen LogP) is 7.64. The van der Waals surface area contributed by atoms with Crippen molar-refractivity contribution in [1.82, 2.24) is 0 Å². The van der Waals surface area contributed by atoms with Crippen molar-refractivity contribution < 1.29 is 0 Å². The number of nitrogens with one attached hydrogen (secondary N) is 2. The lowest BCUT2D eigenvalue weighted by molar-refractivity contribution is 1.14. The molecule has 0 saturated heterocycles. The van der Waals surface area contributed by atoms with Gasteiger partial charge in [0.05, 0.1) is 0 Å². The highest BCUT2D eigenvalue weighted by Gasteiger charge is 2.00. The third kappa shape index (κ3) is 5.30. The molecule has 0 heterocycles. The van der Waals surface area contributed by atoms with Gasteiger partial charge in [-0.3, -0.25) is 0 Å². The molecule has 0 amide bonds. The molecule has 4 aromatic carbocycles. The van der Waals surface area contributed by atoms with E-state index < -0.39 is 0 Å². The summed E-state index contributed by atoms with van der Waals surface area (Å²) in [6.07, 6.45) is 1.99. The fourth-order valence-electron chi connectivity index (χ4n) is 3.44. The Morgan fingerprint density at radius 1 is 0.467 bits per heavy atom. The maximum Gasteiger partial charge on any atom is 0.0384 e. The molecule has 0 atom stereocenters. The predicted molar refractivity (Wildman–Crippen MR) is 129 cm³/mol. The van der Waals surface area contributed by atoms with Crippen LogP contribution in [0, 0.1) is 6.92 Å². The monoisotopic (exact) mass is 392 g/mol. The Labute approximate surface area is 179 Å². The lowest BCUT2D eigenvalue weighted by Gasteiger charge is -2.10. The van der Waals surface area contributed by atoms with Crippen molar-refractivity contribution in [2.45, 2.75) is 26.7 Å². The molecule has 2 N–H and O–H groups in total. The van der Waals surface area contributed by atoms with E-state index in [9.17, 15) is 0 Å². The Balaban J connectivity index is 1.35. The Morgan fingerprint density at radius 2 is 0.800 bits per heavy atom. The van der Waals surface area contributed by atoms with E-state index in [1.165, 1.54) is 22.3 Å². The largest absolute Gasteiger partial charge is 0.356 e. The summed E-state index contributed by atoms with van der Waals surface area (Å²) < 4.78 is 0. The molecule has 0 aliphatic rings. The molecular formula is C28H28N2. The van der Waals surface area contributed by atoms with Crippen molar-refractivity contribution in [2.24, 2.45) is 0 Å². The molecule has 2 nitrogen and oxygen atoms in total. The normalized spacial score (nSPS) is 10.6. The summed E-state index contributed by atoms with van der Waals surface area (Å²) in [6, 6.07) is 34.4. The van der Waals surface area contributed by atoms with Crippen LogP contribution < -0.4 is 10.6 Å². The summed E-state index contributed by atoms with van der Waals surface area (Å²) in [5, 5.41) is 6.92. The zero-order valence-corrected chi connectivity index (χ0v) is 17.7. The standard InChI is InChI=1S/C28H28N2/c1-3-22-6-14-26(15-7-22)30-28-18-10-24(11-19-28)20-23-8-16-27(17-9-23)29-25-12-4-21(2)5-13-25/h4-19,29-30H,3,20H2,1-2H3. The van der Waals surface area contributed by atoms with E-state index in [1.807, 2.05) is 0 Å². The number of aryl methyl sites for hydroxylation is 2. The minimum absolute atomic E-state index is 0.927. The topological polar surface area (TPSA) is 24.1 Å². The van der Waals surface area contributed by atoms with Crippen LogP contribution in [-0.4, -0.2) is 0 Å². The van der Waals surface area contributed by atoms with Gasteiger partial charge in [0.25, 0.3) is 0 Å². The number of anilines is 4. The highest BCUT2D eigenvalue weighted by molar-refractivity contribution is 5.61. The first-order chi connectivity index (χ1) is 14.7. The molecule has 0 fully saturated rings. The Morgan fingerprint density at radius 3 is 1.17 bits per heavy atom. The Kier molecular flexibility index (Phi) is 6.14. The van der Waals surface area contributed by atoms with Crippen LogP contribution in [0.4, 0.5) is 22.7 Å². The SMILES string of the molecule is CCc1ccc(Nc2ccc(Cc3ccc(Nc4ccc(C)cc4)cc3)cc2)cc1. The number of hydrogen-bond acceptors (Lipinski definition) is 2. The maximum absolute atomic E-state index is 3.47. The first-order valence-electron chi connectivity index (χ1n) is 10.6. The van der Waals surface area contributed by atoms with Crippen LogP contribution in [0.2, 0.25) is 0 Å². The van der Waals surface area contributed by atoms with Gasteiger partial charge in [-0.05, 0) is 85.0 Å². The van der Waals surface area contributed by atoms with Gasteiger partial charge in [0, 0.05) is 22.7 Å². The van der Waals surface area contributed by atoms with Gasteiger partial charge in [0.1, 0.15) is 0 Å². The molecule has 0 radical (unpaired) electrons. The van der Waals surface area contributed by atoms with Gasteiger partial charge in [-0.2, -0.15) is 0 Å². The molecule has 150 valence electrons. The van der Waals surface area contributed by atoms with Crippen LogP contribution in [0.1, 0.15) is 29.2 Å². The van der Waals surface area contributed by atoms with E-state index in [4.69, 9.17) is 0 Å². The van der Waals surface area contributed by atoms with Crippen LogP contribution in [0.25, 0.3) is 0 Å². The van der Waals surface area contributed by atoms with Crippen LogP contribution >= 0.6 is 0 Å². The lowest BCUT2D eigenvalue weighted by atomic mass is 10.0. The summed E-state index contributed by atoms with van der Waals surface area (Å²) in [6.45, 7) is 4.28. The van der Waals surface area contributed by atoms with Gasteiger partial charge in [0.15, 0.2) is 0 Å². The first-order valence-corrected chi connectivity index (χ1v) is 10.6. The Bertz CT molecular complexity index is 1060. The quantitative estimate of drug-likeness (QED) is 0.338. The number of benzene rings is 4. The van der Waals surface area contributed by atoms with Crippen LogP contribution in [0.15, 0.2) is 97.1 Å². The second-order valence-electron chi connectivity index (χ2n) is 7.74. The summed E-state index contributed by atoms with van der Waals surface area (Å²) >= 11 is 0. The third-order valence-electron chi connectivity index (χ3n) is 5.31. The average Bonchev–Trinajstić information content (AvgIpc) is 2.78. The van der Waals surface area contributed by atoms with Gasteiger partial charge < -0.3 is 10.6 Å². The molecule has 0 aliphatic carbocycles. The highest BCUT2D eigenvalue weighted by atomic mass is 14.9. The molecule has 4 rings (SSSR count). The summed E-state index contributed by atoms with van der Waals surface area (Å²) in [7, 11) is 0. The van der Waals surface area contributed by atoms with E-state index >= 15 is 0 Å². The van der Waals surface area contributed by atoms with Crippen molar-refractivity contribution in [1.29, 1.82) is 0 Å². The third-order valence-corrected chi connectivity index (χ3v) is 5.31. The van der Waals surface area contributed by atoms with Crippen molar-refractivity contribution in [3.63, 3.8) is 0 Å². The molecule has 0 aliphatic heterocycles. The molecule has 4 aromatic rings. The minimum atomic E-state index is 0.927. The zero-order valence-electron chi connectivity index (χ0n) is 17.7. The van der Waals surface area contributed by atoms with Crippen molar-refractivity contribution in [3.8, 4) is 0 Å². The van der Waals surface area contributed by atoms with E-state index in [-0.39, 0.29) is 0 Å². The fraction of sp³-hybridized carbons (Fsp3) is 0.143. The van der Waals surface area contributed by atoms with Crippen molar-refractivity contribution in [3.05, 3.63) is 119 Å². The van der Waals surface area contributed by atoms with Gasteiger partial charge >= 0.3 is 0 Å². The zero-order chi connectivity index (χ0) is 20.8. The molecule has 2 heteroatoms. The second-order valence-corrected chi connectivity index (χ2v) is 7.74. The second kappa shape index (κ2) is 9.32. The molecule has 30 heavy (non-hydrogen) atoms. The van der Waals surface area contributed by atoms with Gasteiger partial charge in [0.2, 0.25) is 0 Å². The smallest absolute Gasteiger partial charge is 0.0384 e. The van der Waals surface area contributed by atoms with Gasteiger partial charge in [-0.25, -0.2) is 0 Å². The molecule has 0 saturated carbocycles. The first kappa shape index (κ1) is 19.8. The Hall–Kier alpha value is -3.52. The van der Waals surface area contributed by atoms with Crippen molar-refractivity contribution >= 4 is 22.7 Å². The van der Waals surface area contributed by atoms with Crippen LogP contribution in [0.5, 0.6) is 0 Å². The van der Waals surface area contributed by atoms with E-state index in [0.29, 0.717) is 0 Å². The van der Waals surface area contributed by atoms with E-state index in [0.717, 1.165) is 35.6 Å². The summed E-state index contributed by atoms with van der Waals surface area (Å²) in [5.74, 6) is 0. The molecular weight excluding hydrogens is 364 g/mol. The lowest BCUT2D eigenvalue weighted by Crippen LogP contribution is -1.93. The fourth-order valence-corrected chi connectivity index (χ4v) is 3.44. The number of rotatable bonds is 7. The molecule has 0 aromatic heterocycles. The molecule has 0 spiro atoms. The minimum Gasteiger partial charge on any atom is -0.356 e. The van der Waals surface area contributed by atoms with Crippen LogP contribution in [-0.2, 0) is 12.8 Å². The van der Waals surface area contributed by atoms with E-state index in [1.54, 1.807) is 0 Å². The van der Waals surface area contributed by atoms with Gasteiger partial charge in [-0.15, -0.1) is 0 Å². The maximum atomic E-state index is 3.47. The average molecular weight is 393 g/mol. The molecule has 0 unspecified atom stereocenters. The molecule has 0 bridgehead atoms. The summed E-state index contributed by atoms with van der Waals surface area (Å²) in [5.41, 5.74) is 9.69.